The van der Waals surface area contributed by atoms with Gasteiger partial charge in [-0.3, -0.25) is 4.99 Å². The monoisotopic (exact) mass is 415 g/mol. The summed E-state index contributed by atoms with van der Waals surface area (Å²) in [7, 11) is 1.83. The van der Waals surface area contributed by atoms with Gasteiger partial charge in [-0.15, -0.1) is 24.0 Å². The Morgan fingerprint density at radius 2 is 2.00 bits per heavy atom. The fourth-order valence-electron chi connectivity index (χ4n) is 2.20. The fourth-order valence-corrected chi connectivity index (χ4v) is 3.44. The Hall–Kier alpha value is 0.310. The molecular formula is C14H30IN3OS. The molecule has 0 radical (unpaired) electrons. The molecule has 0 amide bonds. The number of guanidine groups is 1. The lowest BCUT2D eigenvalue weighted by atomic mass is 9.99. The Bertz CT molecular complexity index is 278. The standard InChI is InChI=1S/C14H29N3OS.HI/c1-5-12(3)17-13(15-4)16-11-14(19-6-2)7-9-18-10-8-14;/h12H,5-11H2,1-4H3,(H2,15,16,17);1H. The molecule has 0 saturated carbocycles. The van der Waals surface area contributed by atoms with Gasteiger partial charge in [0.05, 0.1) is 0 Å². The number of nitrogens with one attached hydrogen (secondary N) is 2. The molecule has 0 aromatic carbocycles. The minimum absolute atomic E-state index is 0. The smallest absolute Gasteiger partial charge is 0.191 e. The molecule has 120 valence electrons. The van der Waals surface area contributed by atoms with E-state index in [0.717, 1.165) is 50.7 Å². The summed E-state index contributed by atoms with van der Waals surface area (Å²) in [5, 5.41) is 6.91. The van der Waals surface area contributed by atoms with Crippen LogP contribution in [0.15, 0.2) is 4.99 Å². The third-order valence-corrected chi connectivity index (χ3v) is 5.11. The van der Waals surface area contributed by atoms with Crippen LogP contribution in [0.3, 0.4) is 0 Å². The van der Waals surface area contributed by atoms with E-state index in [1.165, 1.54) is 0 Å². The van der Waals surface area contributed by atoms with Crippen LogP contribution >= 0.6 is 35.7 Å². The van der Waals surface area contributed by atoms with Crippen molar-refractivity contribution >= 4 is 41.7 Å². The number of ether oxygens (including phenoxy) is 1. The van der Waals surface area contributed by atoms with Crippen molar-refractivity contribution in [3.8, 4) is 0 Å². The lowest BCUT2D eigenvalue weighted by molar-refractivity contribution is 0.0782. The zero-order valence-electron chi connectivity index (χ0n) is 13.2. The Morgan fingerprint density at radius 3 is 2.50 bits per heavy atom. The minimum Gasteiger partial charge on any atom is -0.381 e. The van der Waals surface area contributed by atoms with Gasteiger partial charge in [-0.1, -0.05) is 13.8 Å². The number of halogens is 1. The van der Waals surface area contributed by atoms with Crippen molar-refractivity contribution in [3.05, 3.63) is 0 Å². The molecule has 2 N–H and O–H groups in total. The molecule has 1 rings (SSSR count). The van der Waals surface area contributed by atoms with Crippen molar-refractivity contribution in [2.75, 3.05) is 32.6 Å². The van der Waals surface area contributed by atoms with Crippen molar-refractivity contribution in [3.63, 3.8) is 0 Å². The molecule has 0 aromatic rings. The quantitative estimate of drug-likeness (QED) is 0.398. The number of aliphatic imine (C=N–C) groups is 1. The Labute approximate surface area is 145 Å². The highest BCUT2D eigenvalue weighted by atomic mass is 127. The van der Waals surface area contributed by atoms with Crippen LogP contribution in [0.5, 0.6) is 0 Å². The zero-order valence-corrected chi connectivity index (χ0v) is 16.3. The first kappa shape index (κ1) is 20.3. The summed E-state index contributed by atoms with van der Waals surface area (Å²) in [6, 6.07) is 0.454. The average molecular weight is 415 g/mol. The van der Waals surface area contributed by atoms with Crippen molar-refractivity contribution in [1.82, 2.24) is 10.6 Å². The largest absolute Gasteiger partial charge is 0.381 e. The molecule has 1 aliphatic heterocycles. The maximum absolute atomic E-state index is 5.50. The molecule has 1 atom stereocenters. The van der Waals surface area contributed by atoms with E-state index >= 15 is 0 Å². The number of nitrogens with zero attached hydrogens (tertiary/aromatic N) is 1. The topological polar surface area (TPSA) is 45.7 Å². The highest BCUT2D eigenvalue weighted by molar-refractivity contribution is 14.0. The van der Waals surface area contributed by atoms with Gasteiger partial charge in [0, 0.05) is 37.6 Å². The lowest BCUT2D eigenvalue weighted by Gasteiger charge is -2.37. The van der Waals surface area contributed by atoms with E-state index in [2.05, 4.69) is 48.2 Å². The van der Waals surface area contributed by atoms with Gasteiger partial charge in [-0.2, -0.15) is 11.8 Å². The normalized spacial score (nSPS) is 19.9. The van der Waals surface area contributed by atoms with E-state index in [1.54, 1.807) is 0 Å². The van der Waals surface area contributed by atoms with Crippen LogP contribution in [0, 0.1) is 0 Å². The van der Waals surface area contributed by atoms with Gasteiger partial charge in [-0.05, 0) is 31.9 Å². The summed E-state index contributed by atoms with van der Waals surface area (Å²) >= 11 is 2.05. The summed E-state index contributed by atoms with van der Waals surface area (Å²) in [6.45, 7) is 9.31. The summed E-state index contributed by atoms with van der Waals surface area (Å²) in [5.74, 6) is 2.07. The molecule has 4 nitrogen and oxygen atoms in total. The molecule has 20 heavy (non-hydrogen) atoms. The Balaban J connectivity index is 0.00000361. The van der Waals surface area contributed by atoms with Crippen molar-refractivity contribution < 1.29 is 4.74 Å². The molecule has 1 heterocycles. The van der Waals surface area contributed by atoms with Crippen LogP contribution < -0.4 is 10.6 Å². The molecule has 1 saturated heterocycles. The van der Waals surface area contributed by atoms with E-state index in [1.807, 2.05) is 7.05 Å². The van der Waals surface area contributed by atoms with Crippen LogP contribution in [0.25, 0.3) is 0 Å². The first-order chi connectivity index (χ1) is 9.15. The fraction of sp³-hybridized carbons (Fsp3) is 0.929. The number of hydrogen-bond donors (Lipinski definition) is 2. The molecule has 0 aliphatic carbocycles. The predicted octanol–water partition coefficient (Wildman–Crippen LogP) is 2.87. The van der Waals surface area contributed by atoms with Gasteiger partial charge in [0.15, 0.2) is 5.96 Å². The van der Waals surface area contributed by atoms with Crippen LogP contribution in [0.4, 0.5) is 0 Å². The van der Waals surface area contributed by atoms with Gasteiger partial charge >= 0.3 is 0 Å². The van der Waals surface area contributed by atoms with Crippen molar-refractivity contribution in [1.29, 1.82) is 0 Å². The Kier molecular flexibility index (Phi) is 11.1. The second-order valence-corrected chi connectivity index (χ2v) is 6.84. The number of rotatable bonds is 6. The molecule has 1 aliphatic rings. The second-order valence-electron chi connectivity index (χ2n) is 5.11. The van der Waals surface area contributed by atoms with E-state index in [9.17, 15) is 0 Å². The molecular weight excluding hydrogens is 385 g/mol. The van der Waals surface area contributed by atoms with Crippen LogP contribution in [0.1, 0.15) is 40.0 Å². The SMILES string of the molecule is CCSC1(CNC(=NC)NC(C)CC)CCOCC1.I. The minimum atomic E-state index is 0. The summed E-state index contributed by atoms with van der Waals surface area (Å²) in [5.41, 5.74) is 0. The zero-order chi connectivity index (χ0) is 14.1. The maximum Gasteiger partial charge on any atom is 0.191 e. The van der Waals surface area contributed by atoms with Gasteiger partial charge in [-0.25, -0.2) is 0 Å². The average Bonchev–Trinajstić information content (AvgIpc) is 2.44. The van der Waals surface area contributed by atoms with Crippen LogP contribution in [-0.2, 0) is 4.74 Å². The number of hydrogen-bond acceptors (Lipinski definition) is 3. The lowest BCUT2D eigenvalue weighted by Crippen LogP contribution is -2.49. The summed E-state index contributed by atoms with van der Waals surface area (Å²) in [6.07, 6.45) is 3.35. The predicted molar refractivity (Wildman–Crippen MR) is 101 cm³/mol. The number of thioether (sulfide) groups is 1. The van der Waals surface area contributed by atoms with Gasteiger partial charge < -0.3 is 15.4 Å². The molecule has 0 bridgehead atoms. The maximum atomic E-state index is 5.50. The van der Waals surface area contributed by atoms with Gasteiger partial charge in [0.2, 0.25) is 0 Å². The molecule has 0 aromatic heterocycles. The highest BCUT2D eigenvalue weighted by Gasteiger charge is 2.32. The molecule has 1 unspecified atom stereocenters. The van der Waals surface area contributed by atoms with Crippen LogP contribution in [0.2, 0.25) is 0 Å². The van der Waals surface area contributed by atoms with Crippen molar-refractivity contribution in [2.45, 2.75) is 50.8 Å². The first-order valence-electron chi connectivity index (χ1n) is 7.34. The van der Waals surface area contributed by atoms with E-state index in [0.29, 0.717) is 10.8 Å². The molecule has 0 spiro atoms. The van der Waals surface area contributed by atoms with Gasteiger partial charge in [0.1, 0.15) is 0 Å². The Morgan fingerprint density at radius 1 is 1.35 bits per heavy atom. The van der Waals surface area contributed by atoms with Gasteiger partial charge in [0.25, 0.3) is 0 Å². The highest BCUT2D eigenvalue weighted by Crippen LogP contribution is 2.34. The van der Waals surface area contributed by atoms with E-state index in [-0.39, 0.29) is 24.0 Å². The molecule has 1 fully saturated rings. The van der Waals surface area contributed by atoms with E-state index in [4.69, 9.17) is 4.74 Å². The van der Waals surface area contributed by atoms with E-state index < -0.39 is 0 Å². The third-order valence-electron chi connectivity index (χ3n) is 3.65. The van der Waals surface area contributed by atoms with Crippen molar-refractivity contribution in [2.24, 2.45) is 4.99 Å². The third kappa shape index (κ3) is 6.85. The molecule has 6 heteroatoms. The van der Waals surface area contributed by atoms with Crippen LogP contribution in [-0.4, -0.2) is 49.3 Å². The summed E-state index contributed by atoms with van der Waals surface area (Å²) in [4.78, 5) is 4.31. The second kappa shape index (κ2) is 11.0. The summed E-state index contributed by atoms with van der Waals surface area (Å²) < 4.78 is 5.80. The first-order valence-corrected chi connectivity index (χ1v) is 8.33.